The number of hydrogen-bond donors (Lipinski definition) is 3. The fourth-order valence-electron chi connectivity index (χ4n) is 3.61. The maximum absolute atomic E-state index is 12.4. The van der Waals surface area contributed by atoms with Gasteiger partial charge in [-0.05, 0) is 56.7 Å². The number of benzene rings is 2. The molecule has 0 spiro atoms. The van der Waals surface area contributed by atoms with Gasteiger partial charge in [-0.15, -0.1) is 0 Å². The minimum atomic E-state index is -3.57. The van der Waals surface area contributed by atoms with Crippen molar-refractivity contribution >= 4 is 38.3 Å². The number of fused-ring (bicyclic) bond motifs is 1. The van der Waals surface area contributed by atoms with Crippen molar-refractivity contribution in [3.8, 4) is 17.2 Å². The molecule has 2 heterocycles. The Morgan fingerprint density at radius 2 is 1.92 bits per heavy atom. The van der Waals surface area contributed by atoms with E-state index < -0.39 is 20.5 Å². The minimum Gasteiger partial charge on any atom is -0.504 e. The van der Waals surface area contributed by atoms with Gasteiger partial charge in [-0.25, -0.2) is 18.4 Å². The van der Waals surface area contributed by atoms with Crippen LogP contribution in [0.15, 0.2) is 61.1 Å². The molecule has 0 saturated heterocycles. The third-order valence-electron chi connectivity index (χ3n) is 6.10. The Bertz CT molecular complexity index is 1560. The Morgan fingerprint density at radius 3 is 2.62 bits per heavy atom. The molecule has 0 atom stereocenters. The summed E-state index contributed by atoms with van der Waals surface area (Å²) in [6.45, 7) is 5.30. The SMILES string of the molecule is Cc1cccc(Oc2ccc(Nc3ncnc4ccn(CCNC(=O)C(C)(C)S(C)(=O)=O)c34)cc2O)c1. The topological polar surface area (TPSA) is 135 Å². The number of ether oxygens (including phenoxy) is 1. The molecule has 4 aromatic rings. The molecular formula is C26H29N5O5S. The third-order valence-corrected chi connectivity index (χ3v) is 8.14. The van der Waals surface area contributed by atoms with Crippen molar-refractivity contribution in [2.24, 2.45) is 0 Å². The third kappa shape index (κ3) is 5.67. The van der Waals surface area contributed by atoms with Gasteiger partial charge < -0.3 is 25.0 Å². The zero-order valence-corrected chi connectivity index (χ0v) is 21.8. The molecule has 0 bridgehead atoms. The van der Waals surface area contributed by atoms with Crippen LogP contribution in [-0.2, 0) is 21.2 Å². The molecule has 0 aliphatic heterocycles. The van der Waals surface area contributed by atoms with E-state index >= 15 is 0 Å². The second kappa shape index (κ2) is 10.1. The minimum absolute atomic E-state index is 0.0385. The number of phenols is 1. The van der Waals surface area contributed by atoms with Crippen molar-refractivity contribution in [2.45, 2.75) is 32.1 Å². The summed E-state index contributed by atoms with van der Waals surface area (Å²) in [4.78, 5) is 21.1. The zero-order chi connectivity index (χ0) is 26.8. The largest absolute Gasteiger partial charge is 0.504 e. The molecule has 10 nitrogen and oxygen atoms in total. The monoisotopic (exact) mass is 523 g/mol. The fraction of sp³-hybridized carbons (Fsp3) is 0.269. The molecule has 0 saturated carbocycles. The number of phenolic OH excluding ortho intramolecular Hbond substituents is 1. The number of rotatable bonds is 9. The van der Waals surface area contributed by atoms with Gasteiger partial charge in [0.25, 0.3) is 0 Å². The quantitative estimate of drug-likeness (QED) is 0.300. The van der Waals surface area contributed by atoms with Crippen LogP contribution in [0.4, 0.5) is 11.5 Å². The van der Waals surface area contributed by atoms with E-state index in [1.807, 2.05) is 48.0 Å². The summed E-state index contributed by atoms with van der Waals surface area (Å²) in [6.07, 6.45) is 4.29. The lowest BCUT2D eigenvalue weighted by Gasteiger charge is -2.21. The maximum Gasteiger partial charge on any atom is 0.240 e. The molecule has 37 heavy (non-hydrogen) atoms. The Kier molecular flexibility index (Phi) is 7.08. The molecule has 1 amide bonds. The van der Waals surface area contributed by atoms with Gasteiger partial charge in [0.1, 0.15) is 22.3 Å². The summed E-state index contributed by atoms with van der Waals surface area (Å²) in [6, 6.07) is 14.3. The number of nitrogens with zero attached hydrogens (tertiary/aromatic N) is 3. The van der Waals surface area contributed by atoms with Crippen LogP contribution >= 0.6 is 0 Å². The number of hydrogen-bond acceptors (Lipinski definition) is 8. The molecule has 2 aromatic carbocycles. The van der Waals surface area contributed by atoms with Gasteiger partial charge in [0, 0.05) is 37.3 Å². The molecule has 3 N–H and O–H groups in total. The highest BCUT2D eigenvalue weighted by Gasteiger charge is 2.38. The smallest absolute Gasteiger partial charge is 0.240 e. The van der Waals surface area contributed by atoms with E-state index in [4.69, 9.17) is 4.74 Å². The first-order valence-corrected chi connectivity index (χ1v) is 13.5. The molecule has 0 aliphatic rings. The van der Waals surface area contributed by atoms with E-state index in [9.17, 15) is 18.3 Å². The fourth-order valence-corrected chi connectivity index (χ4v) is 4.01. The summed E-state index contributed by atoms with van der Waals surface area (Å²) in [7, 11) is -3.57. The van der Waals surface area contributed by atoms with Crippen LogP contribution in [0.2, 0.25) is 0 Å². The highest BCUT2D eigenvalue weighted by atomic mass is 32.2. The second-order valence-electron chi connectivity index (χ2n) is 9.23. The molecule has 0 radical (unpaired) electrons. The first kappa shape index (κ1) is 26.0. The lowest BCUT2D eigenvalue weighted by Crippen LogP contribution is -2.48. The van der Waals surface area contributed by atoms with E-state index in [0.717, 1.165) is 11.8 Å². The lowest BCUT2D eigenvalue weighted by molar-refractivity contribution is -0.122. The van der Waals surface area contributed by atoms with E-state index in [-0.39, 0.29) is 12.3 Å². The Balaban J connectivity index is 1.50. The molecule has 2 aromatic heterocycles. The van der Waals surface area contributed by atoms with Crippen molar-refractivity contribution in [3.63, 3.8) is 0 Å². The summed E-state index contributed by atoms with van der Waals surface area (Å²) >= 11 is 0. The van der Waals surface area contributed by atoms with Gasteiger partial charge in [-0.1, -0.05) is 12.1 Å². The molecule has 4 rings (SSSR count). The number of sulfone groups is 1. The number of anilines is 2. The summed E-state index contributed by atoms with van der Waals surface area (Å²) in [5, 5.41) is 16.4. The number of aromatic nitrogens is 3. The van der Waals surface area contributed by atoms with E-state index in [2.05, 4.69) is 20.6 Å². The van der Waals surface area contributed by atoms with Crippen LogP contribution in [0.3, 0.4) is 0 Å². The number of aryl methyl sites for hydroxylation is 1. The lowest BCUT2D eigenvalue weighted by atomic mass is 10.2. The van der Waals surface area contributed by atoms with E-state index in [1.165, 1.54) is 20.2 Å². The van der Waals surface area contributed by atoms with E-state index in [0.29, 0.717) is 40.6 Å². The highest BCUT2D eigenvalue weighted by molar-refractivity contribution is 7.92. The standard InChI is InChI=1S/C26H29N5O5S/c1-17-6-5-7-19(14-17)36-22-9-8-18(15-21(22)32)30-24-23-20(28-16-29-24)10-12-31(23)13-11-27-25(33)26(2,3)37(4,34)35/h5-10,12,14-16,32H,11,13H2,1-4H3,(H,27,33)(H,28,29,30). The van der Waals surface area contributed by atoms with Crippen LogP contribution in [0, 0.1) is 6.92 Å². The number of amides is 1. The molecule has 0 fully saturated rings. The average molecular weight is 524 g/mol. The van der Waals surface area contributed by atoms with E-state index in [1.54, 1.807) is 18.2 Å². The van der Waals surface area contributed by atoms with Gasteiger partial charge in [-0.2, -0.15) is 0 Å². The second-order valence-corrected chi connectivity index (χ2v) is 11.8. The van der Waals surface area contributed by atoms with Crippen molar-refractivity contribution < 1.29 is 23.1 Å². The predicted octanol–water partition coefficient (Wildman–Crippen LogP) is 3.92. The van der Waals surface area contributed by atoms with Crippen LogP contribution in [0.5, 0.6) is 17.2 Å². The summed E-state index contributed by atoms with van der Waals surface area (Å²) in [5.41, 5.74) is 3.01. The molecule has 0 aliphatic carbocycles. The van der Waals surface area contributed by atoms with Crippen molar-refractivity contribution in [1.29, 1.82) is 0 Å². The molecule has 194 valence electrons. The first-order valence-electron chi connectivity index (χ1n) is 11.6. The number of carbonyl (C=O) groups is 1. The van der Waals surface area contributed by atoms with Crippen LogP contribution in [0.1, 0.15) is 19.4 Å². The number of aromatic hydroxyl groups is 1. The summed E-state index contributed by atoms with van der Waals surface area (Å²) in [5.74, 6) is 0.843. The average Bonchev–Trinajstić information content (AvgIpc) is 3.24. The number of carbonyl (C=O) groups excluding carboxylic acids is 1. The van der Waals surface area contributed by atoms with Gasteiger partial charge in [0.15, 0.2) is 27.2 Å². The highest BCUT2D eigenvalue weighted by Crippen LogP contribution is 2.34. The van der Waals surface area contributed by atoms with Crippen molar-refractivity contribution in [2.75, 3.05) is 18.1 Å². The van der Waals surface area contributed by atoms with Crippen LogP contribution in [-0.4, -0.2) is 51.5 Å². The normalized spacial score (nSPS) is 11.9. The molecule has 11 heteroatoms. The maximum atomic E-state index is 12.4. The van der Waals surface area contributed by atoms with Crippen molar-refractivity contribution in [3.05, 3.63) is 66.6 Å². The Morgan fingerprint density at radius 1 is 1.14 bits per heavy atom. The van der Waals surface area contributed by atoms with Gasteiger partial charge in [0.2, 0.25) is 5.91 Å². The summed E-state index contributed by atoms with van der Waals surface area (Å²) < 4.78 is 30.0. The van der Waals surface area contributed by atoms with Crippen LogP contribution in [0.25, 0.3) is 11.0 Å². The Hall–Kier alpha value is -4.12. The van der Waals surface area contributed by atoms with Crippen molar-refractivity contribution in [1.82, 2.24) is 19.9 Å². The van der Waals surface area contributed by atoms with Crippen LogP contribution < -0.4 is 15.4 Å². The van der Waals surface area contributed by atoms with Gasteiger partial charge in [0.05, 0.1) is 5.52 Å². The first-order chi connectivity index (χ1) is 17.5. The van der Waals surface area contributed by atoms with Gasteiger partial charge in [-0.3, -0.25) is 4.79 Å². The zero-order valence-electron chi connectivity index (χ0n) is 21.0. The number of nitrogens with one attached hydrogen (secondary N) is 2. The predicted molar refractivity (Wildman–Crippen MR) is 142 cm³/mol. The molecular weight excluding hydrogens is 494 g/mol. The molecule has 0 unspecified atom stereocenters. The van der Waals surface area contributed by atoms with Gasteiger partial charge >= 0.3 is 0 Å². The Labute approximate surface area is 215 Å².